The molecule has 0 rings (SSSR count). The molecule has 2 N–H and O–H groups in total. The fourth-order valence-electron chi connectivity index (χ4n) is 1.28. The molecule has 3 nitrogen and oxygen atoms in total. The smallest absolute Gasteiger partial charge is 0.0477 e. The van der Waals surface area contributed by atoms with E-state index in [0.29, 0.717) is 0 Å². The number of ether oxygens (including phenoxy) is 1. The third-order valence-corrected chi connectivity index (χ3v) is 2.13. The monoisotopic (exact) mass is 188 g/mol. The maximum atomic E-state index is 5.91. The molecule has 0 aliphatic carbocycles. The van der Waals surface area contributed by atoms with Crippen molar-refractivity contribution in [2.45, 2.75) is 32.2 Å². The van der Waals surface area contributed by atoms with Crippen LogP contribution >= 0.6 is 0 Å². The Hall–Kier alpha value is -0.120. The first-order valence-corrected chi connectivity index (χ1v) is 5.13. The Balaban J connectivity index is 3.35. The fourth-order valence-corrected chi connectivity index (χ4v) is 1.28. The van der Waals surface area contributed by atoms with Gasteiger partial charge >= 0.3 is 0 Å². The number of rotatable bonds is 8. The predicted octanol–water partition coefficient (Wildman–Crippen LogP) is 1.08. The minimum atomic E-state index is 0.252. The summed E-state index contributed by atoms with van der Waals surface area (Å²) < 4.78 is 4.98. The highest BCUT2D eigenvalue weighted by molar-refractivity contribution is 4.65. The normalized spacial score (nSPS) is 13.6. The standard InChI is InChI=1S/C10H24N2O/c1-4-5-7-12(2)9-10(11)6-8-13-3/h10H,4-9,11H2,1-3H3. The minimum absolute atomic E-state index is 0.252. The number of hydrogen-bond donors (Lipinski definition) is 1. The lowest BCUT2D eigenvalue weighted by atomic mass is 10.2. The molecular formula is C10H24N2O. The molecule has 0 heterocycles. The molecule has 0 aliphatic heterocycles. The second-order valence-corrected chi connectivity index (χ2v) is 3.66. The molecule has 3 heteroatoms. The molecule has 13 heavy (non-hydrogen) atoms. The summed E-state index contributed by atoms with van der Waals surface area (Å²) in [4.78, 5) is 2.30. The van der Waals surface area contributed by atoms with E-state index in [1.165, 1.54) is 12.8 Å². The quantitative estimate of drug-likeness (QED) is 0.619. The fraction of sp³-hybridized carbons (Fsp3) is 1.00. The van der Waals surface area contributed by atoms with Gasteiger partial charge in [0.05, 0.1) is 0 Å². The van der Waals surface area contributed by atoms with Gasteiger partial charge in [0.2, 0.25) is 0 Å². The second kappa shape index (κ2) is 8.48. The summed E-state index contributed by atoms with van der Waals surface area (Å²) >= 11 is 0. The predicted molar refractivity (Wildman–Crippen MR) is 56.9 cm³/mol. The molecule has 0 radical (unpaired) electrons. The number of unbranched alkanes of at least 4 members (excludes halogenated alkanes) is 1. The third kappa shape index (κ3) is 8.22. The largest absolute Gasteiger partial charge is 0.385 e. The van der Waals surface area contributed by atoms with E-state index in [1.807, 2.05) is 0 Å². The van der Waals surface area contributed by atoms with Crippen molar-refractivity contribution in [3.05, 3.63) is 0 Å². The zero-order valence-corrected chi connectivity index (χ0v) is 9.25. The van der Waals surface area contributed by atoms with Gasteiger partial charge in [-0.2, -0.15) is 0 Å². The van der Waals surface area contributed by atoms with Gasteiger partial charge in [0.15, 0.2) is 0 Å². The average molecular weight is 188 g/mol. The molecule has 0 fully saturated rings. The van der Waals surface area contributed by atoms with Gasteiger partial charge in [0.1, 0.15) is 0 Å². The molecule has 0 aromatic heterocycles. The van der Waals surface area contributed by atoms with E-state index in [4.69, 9.17) is 10.5 Å². The highest BCUT2D eigenvalue weighted by Gasteiger charge is 2.05. The van der Waals surface area contributed by atoms with Crippen LogP contribution in [0.25, 0.3) is 0 Å². The molecule has 0 amide bonds. The van der Waals surface area contributed by atoms with Crippen LogP contribution in [-0.4, -0.2) is 44.8 Å². The Kier molecular flexibility index (Phi) is 8.40. The van der Waals surface area contributed by atoms with Gasteiger partial charge in [-0.25, -0.2) is 0 Å². The maximum absolute atomic E-state index is 5.91. The van der Waals surface area contributed by atoms with Crippen molar-refractivity contribution in [3.63, 3.8) is 0 Å². The summed E-state index contributed by atoms with van der Waals surface area (Å²) in [6.07, 6.45) is 3.46. The van der Waals surface area contributed by atoms with Crippen molar-refractivity contribution in [2.75, 3.05) is 33.9 Å². The number of hydrogen-bond acceptors (Lipinski definition) is 3. The molecule has 0 aromatic carbocycles. The average Bonchev–Trinajstić information content (AvgIpc) is 2.11. The highest BCUT2D eigenvalue weighted by atomic mass is 16.5. The van der Waals surface area contributed by atoms with Crippen molar-refractivity contribution in [3.8, 4) is 0 Å². The third-order valence-electron chi connectivity index (χ3n) is 2.13. The summed E-state index contributed by atoms with van der Waals surface area (Å²) in [5.74, 6) is 0. The van der Waals surface area contributed by atoms with Crippen molar-refractivity contribution >= 4 is 0 Å². The Labute approximate surface area is 82.2 Å². The van der Waals surface area contributed by atoms with Gasteiger partial charge in [0, 0.05) is 26.3 Å². The van der Waals surface area contributed by atoms with Crippen LogP contribution in [0.4, 0.5) is 0 Å². The van der Waals surface area contributed by atoms with Crippen LogP contribution in [0.1, 0.15) is 26.2 Å². The topological polar surface area (TPSA) is 38.5 Å². The lowest BCUT2D eigenvalue weighted by molar-refractivity contribution is 0.179. The highest BCUT2D eigenvalue weighted by Crippen LogP contribution is 1.95. The zero-order valence-electron chi connectivity index (χ0n) is 9.25. The van der Waals surface area contributed by atoms with Crippen LogP contribution in [-0.2, 0) is 4.74 Å². The summed E-state index contributed by atoms with van der Waals surface area (Å²) in [7, 11) is 3.84. The summed E-state index contributed by atoms with van der Waals surface area (Å²) in [6, 6.07) is 0.252. The maximum Gasteiger partial charge on any atom is 0.0477 e. The van der Waals surface area contributed by atoms with E-state index in [2.05, 4.69) is 18.9 Å². The molecule has 0 aromatic rings. The van der Waals surface area contributed by atoms with Crippen LogP contribution in [0.3, 0.4) is 0 Å². The van der Waals surface area contributed by atoms with Gasteiger partial charge < -0.3 is 15.4 Å². The molecular weight excluding hydrogens is 164 g/mol. The Morgan fingerprint density at radius 1 is 1.46 bits per heavy atom. The van der Waals surface area contributed by atoms with Crippen molar-refractivity contribution in [1.82, 2.24) is 4.90 Å². The van der Waals surface area contributed by atoms with Crippen LogP contribution in [0.2, 0.25) is 0 Å². The number of nitrogens with two attached hydrogens (primary N) is 1. The molecule has 80 valence electrons. The van der Waals surface area contributed by atoms with E-state index < -0.39 is 0 Å². The Bertz CT molecular complexity index is 97.1. The van der Waals surface area contributed by atoms with E-state index in [1.54, 1.807) is 7.11 Å². The summed E-state index contributed by atoms with van der Waals surface area (Å²) in [5, 5.41) is 0. The van der Waals surface area contributed by atoms with Crippen molar-refractivity contribution in [2.24, 2.45) is 5.73 Å². The summed E-state index contributed by atoms with van der Waals surface area (Å²) in [6.45, 7) is 5.10. The van der Waals surface area contributed by atoms with Gasteiger partial charge in [-0.3, -0.25) is 0 Å². The number of methoxy groups -OCH3 is 1. The molecule has 0 aliphatic rings. The van der Waals surface area contributed by atoms with E-state index >= 15 is 0 Å². The van der Waals surface area contributed by atoms with Gasteiger partial charge in [-0.05, 0) is 26.4 Å². The first-order chi connectivity index (χ1) is 6.20. The second-order valence-electron chi connectivity index (χ2n) is 3.66. The van der Waals surface area contributed by atoms with Gasteiger partial charge in [-0.1, -0.05) is 13.3 Å². The molecule has 1 atom stereocenters. The lowest BCUT2D eigenvalue weighted by Gasteiger charge is -2.20. The van der Waals surface area contributed by atoms with Gasteiger partial charge in [-0.15, -0.1) is 0 Å². The first kappa shape index (κ1) is 12.9. The van der Waals surface area contributed by atoms with E-state index in [0.717, 1.165) is 26.1 Å². The van der Waals surface area contributed by atoms with Crippen molar-refractivity contribution in [1.29, 1.82) is 0 Å². The summed E-state index contributed by atoms with van der Waals surface area (Å²) in [5.41, 5.74) is 5.91. The molecule has 1 unspecified atom stereocenters. The molecule has 0 spiro atoms. The zero-order chi connectivity index (χ0) is 10.1. The van der Waals surface area contributed by atoms with Gasteiger partial charge in [0.25, 0.3) is 0 Å². The van der Waals surface area contributed by atoms with Crippen LogP contribution in [0, 0.1) is 0 Å². The minimum Gasteiger partial charge on any atom is -0.385 e. The molecule has 0 bridgehead atoms. The Morgan fingerprint density at radius 2 is 2.15 bits per heavy atom. The van der Waals surface area contributed by atoms with Crippen LogP contribution < -0.4 is 5.73 Å². The molecule has 0 saturated carbocycles. The first-order valence-electron chi connectivity index (χ1n) is 5.13. The van der Waals surface area contributed by atoms with E-state index in [9.17, 15) is 0 Å². The van der Waals surface area contributed by atoms with E-state index in [-0.39, 0.29) is 6.04 Å². The lowest BCUT2D eigenvalue weighted by Crippen LogP contribution is -2.36. The SMILES string of the molecule is CCCCN(C)CC(N)CCOC. The molecule has 0 saturated heterocycles. The van der Waals surface area contributed by atoms with Crippen molar-refractivity contribution < 1.29 is 4.74 Å². The van der Waals surface area contributed by atoms with Crippen LogP contribution in [0.5, 0.6) is 0 Å². The Morgan fingerprint density at radius 3 is 2.69 bits per heavy atom. The number of nitrogens with zero attached hydrogens (tertiary/aromatic N) is 1. The number of likely N-dealkylation sites (N-methyl/N-ethyl adjacent to an activating group) is 1. The van der Waals surface area contributed by atoms with Crippen LogP contribution in [0.15, 0.2) is 0 Å².